The second kappa shape index (κ2) is 10.7. The van der Waals surface area contributed by atoms with E-state index in [0.29, 0.717) is 28.4 Å². The summed E-state index contributed by atoms with van der Waals surface area (Å²) in [6.45, 7) is 6.12. The summed E-state index contributed by atoms with van der Waals surface area (Å²) in [6.07, 6.45) is 0.489. The first-order chi connectivity index (χ1) is 19.4. The molecule has 2 amide bonds. The monoisotopic (exact) mass is 597 g/mol. The fourth-order valence-corrected chi connectivity index (χ4v) is 6.57. The molecule has 0 aliphatic carbocycles. The Morgan fingerprint density at radius 2 is 1.80 bits per heavy atom. The number of ether oxygens (including phenoxy) is 1. The number of fused-ring (bicyclic) bond motifs is 2. The number of benzene rings is 3. The summed E-state index contributed by atoms with van der Waals surface area (Å²) in [6, 6.07) is 14.4. The predicted octanol–water partition coefficient (Wildman–Crippen LogP) is 6.31. The third-order valence-corrected chi connectivity index (χ3v) is 8.30. The van der Waals surface area contributed by atoms with Gasteiger partial charge in [-0.3, -0.25) is 9.59 Å². The maximum Gasteiger partial charge on any atom is 0.337 e. The first kappa shape index (κ1) is 29.0. The Morgan fingerprint density at radius 1 is 1.07 bits per heavy atom. The summed E-state index contributed by atoms with van der Waals surface area (Å²) in [5.74, 6) is -3.09. The molecule has 0 bridgehead atoms. The minimum absolute atomic E-state index is 0.114. The number of methoxy groups -OCH3 is 1. The Labute approximate surface area is 247 Å². The molecule has 214 valence electrons. The van der Waals surface area contributed by atoms with Crippen LogP contribution < -0.4 is 16.0 Å². The number of amides is 2. The van der Waals surface area contributed by atoms with E-state index in [4.69, 9.17) is 27.9 Å². The molecule has 2 heterocycles. The van der Waals surface area contributed by atoms with Crippen molar-refractivity contribution >= 4 is 52.4 Å². The van der Waals surface area contributed by atoms with Gasteiger partial charge in [0, 0.05) is 28.4 Å². The molecule has 1 spiro atoms. The third kappa shape index (κ3) is 5.09. The van der Waals surface area contributed by atoms with Crippen LogP contribution in [0.1, 0.15) is 54.6 Å². The van der Waals surface area contributed by atoms with Crippen LogP contribution in [0, 0.1) is 11.2 Å². The molecule has 3 aromatic rings. The van der Waals surface area contributed by atoms with Crippen LogP contribution in [0.4, 0.5) is 15.8 Å². The lowest BCUT2D eigenvalue weighted by atomic mass is 9.62. The van der Waals surface area contributed by atoms with Gasteiger partial charge in [0.05, 0.1) is 23.7 Å². The van der Waals surface area contributed by atoms with E-state index in [-0.39, 0.29) is 27.5 Å². The van der Waals surface area contributed by atoms with Gasteiger partial charge < -0.3 is 20.7 Å². The van der Waals surface area contributed by atoms with Crippen molar-refractivity contribution in [3.05, 3.63) is 93.2 Å². The van der Waals surface area contributed by atoms with Crippen LogP contribution in [0.25, 0.3) is 0 Å². The van der Waals surface area contributed by atoms with Crippen molar-refractivity contribution < 1.29 is 23.5 Å². The van der Waals surface area contributed by atoms with Crippen molar-refractivity contribution in [2.45, 2.75) is 50.6 Å². The molecular formula is C31H30Cl2FN3O4. The summed E-state index contributed by atoms with van der Waals surface area (Å²) >= 11 is 12.5. The average Bonchev–Trinajstić information content (AvgIpc) is 3.38. The van der Waals surface area contributed by atoms with E-state index in [1.165, 1.54) is 19.2 Å². The van der Waals surface area contributed by atoms with E-state index in [1.807, 2.05) is 20.8 Å². The maximum atomic E-state index is 15.9. The summed E-state index contributed by atoms with van der Waals surface area (Å²) in [5.41, 5.74) is 0.254. The molecule has 0 saturated carbocycles. The molecule has 2 aliphatic heterocycles. The number of rotatable bonds is 5. The van der Waals surface area contributed by atoms with Crippen LogP contribution in [0.2, 0.25) is 10.0 Å². The summed E-state index contributed by atoms with van der Waals surface area (Å²) in [7, 11) is 1.27. The molecule has 10 heteroatoms. The van der Waals surface area contributed by atoms with Gasteiger partial charge in [-0.25, -0.2) is 9.18 Å². The predicted molar refractivity (Wildman–Crippen MR) is 157 cm³/mol. The molecule has 3 N–H and O–H groups in total. The number of carbonyl (C=O) groups is 3. The van der Waals surface area contributed by atoms with E-state index in [1.54, 1.807) is 48.5 Å². The van der Waals surface area contributed by atoms with Gasteiger partial charge in [0.1, 0.15) is 11.2 Å². The van der Waals surface area contributed by atoms with Crippen LogP contribution in [-0.4, -0.2) is 37.0 Å². The molecule has 5 rings (SSSR count). The highest BCUT2D eigenvalue weighted by Gasteiger charge is 2.66. The van der Waals surface area contributed by atoms with Gasteiger partial charge in [0.2, 0.25) is 11.8 Å². The minimum Gasteiger partial charge on any atom is -0.465 e. The highest BCUT2D eigenvalue weighted by molar-refractivity contribution is 6.31. The number of carbonyl (C=O) groups excluding carboxylic acids is 3. The first-order valence-corrected chi connectivity index (χ1v) is 13.9. The number of hydrogen-bond acceptors (Lipinski definition) is 5. The Morgan fingerprint density at radius 3 is 2.51 bits per heavy atom. The van der Waals surface area contributed by atoms with E-state index in [2.05, 4.69) is 16.0 Å². The molecular weight excluding hydrogens is 568 g/mol. The van der Waals surface area contributed by atoms with Crippen molar-refractivity contribution in [2.24, 2.45) is 5.41 Å². The summed E-state index contributed by atoms with van der Waals surface area (Å²) in [5, 5.41) is 9.55. The normalized spacial score (nSPS) is 23.3. The van der Waals surface area contributed by atoms with E-state index in [0.717, 1.165) is 0 Å². The van der Waals surface area contributed by atoms with Crippen LogP contribution in [0.5, 0.6) is 0 Å². The fourth-order valence-electron chi connectivity index (χ4n) is 6.21. The molecule has 4 atom stereocenters. The molecule has 1 unspecified atom stereocenters. The van der Waals surface area contributed by atoms with Crippen LogP contribution >= 0.6 is 23.2 Å². The zero-order valence-electron chi connectivity index (χ0n) is 23.0. The topological polar surface area (TPSA) is 96.5 Å². The van der Waals surface area contributed by atoms with Crippen molar-refractivity contribution in [2.75, 3.05) is 17.7 Å². The van der Waals surface area contributed by atoms with Crippen molar-refractivity contribution in [3.63, 3.8) is 0 Å². The standard InChI is InChI=1S/C31H30Cl2FN3O4/c1-30(2,3)15-23-31(20-12-11-17(32)14-22(20)36-29(31)40)24(19-9-6-10-21(33)25(19)34)26(37-23)27(38)35-18-8-5-7-16(13-18)28(39)41-4/h5-14,23-24,26,37H,15H2,1-4H3,(H,35,38)(H,36,40)/t23-,24-,26-,31?/m0/s1. The molecule has 7 nitrogen and oxygen atoms in total. The highest BCUT2D eigenvalue weighted by atomic mass is 35.5. The molecule has 2 aliphatic rings. The van der Waals surface area contributed by atoms with Crippen LogP contribution in [0.15, 0.2) is 60.7 Å². The van der Waals surface area contributed by atoms with Crippen molar-refractivity contribution in [3.8, 4) is 0 Å². The van der Waals surface area contributed by atoms with Crippen LogP contribution in [-0.2, 0) is 19.7 Å². The lowest BCUT2D eigenvalue weighted by molar-refractivity contribution is -0.122. The Hall–Kier alpha value is -3.46. The number of nitrogens with one attached hydrogen (secondary N) is 3. The number of anilines is 2. The van der Waals surface area contributed by atoms with Crippen molar-refractivity contribution in [1.82, 2.24) is 5.32 Å². The van der Waals surface area contributed by atoms with Gasteiger partial charge in [-0.2, -0.15) is 0 Å². The Balaban J connectivity index is 1.69. The quantitative estimate of drug-likeness (QED) is 0.300. The Bertz CT molecular complexity index is 1560. The van der Waals surface area contributed by atoms with Gasteiger partial charge in [0.15, 0.2) is 0 Å². The minimum atomic E-state index is -1.37. The van der Waals surface area contributed by atoms with Gasteiger partial charge in [-0.1, -0.05) is 68.2 Å². The number of esters is 1. The lowest BCUT2D eigenvalue weighted by Gasteiger charge is -2.37. The average molecular weight is 599 g/mol. The smallest absolute Gasteiger partial charge is 0.337 e. The van der Waals surface area contributed by atoms with Crippen LogP contribution in [0.3, 0.4) is 0 Å². The SMILES string of the molecule is COC(=O)c1cccc(NC(=O)[C@H]2N[C@@H](CC(C)(C)C)C3(C(=O)Nc4cc(Cl)ccc43)[C@H]2c2cccc(Cl)c2F)c1. The molecule has 0 aromatic heterocycles. The number of halogens is 3. The van der Waals surface area contributed by atoms with E-state index in [9.17, 15) is 14.4 Å². The maximum absolute atomic E-state index is 15.9. The second-order valence-electron chi connectivity index (χ2n) is 11.7. The molecule has 1 saturated heterocycles. The van der Waals surface area contributed by atoms with Gasteiger partial charge in [0.25, 0.3) is 0 Å². The third-order valence-electron chi connectivity index (χ3n) is 7.77. The summed E-state index contributed by atoms with van der Waals surface area (Å²) in [4.78, 5) is 40.3. The Kier molecular flexibility index (Phi) is 7.61. The van der Waals surface area contributed by atoms with E-state index < -0.39 is 41.1 Å². The van der Waals surface area contributed by atoms with Crippen molar-refractivity contribution in [1.29, 1.82) is 0 Å². The zero-order chi connectivity index (χ0) is 29.7. The van der Waals surface area contributed by atoms with Gasteiger partial charge in [-0.15, -0.1) is 0 Å². The number of hydrogen-bond donors (Lipinski definition) is 3. The summed E-state index contributed by atoms with van der Waals surface area (Å²) < 4.78 is 20.7. The fraction of sp³-hybridized carbons (Fsp3) is 0.323. The van der Waals surface area contributed by atoms with Gasteiger partial charge >= 0.3 is 5.97 Å². The largest absolute Gasteiger partial charge is 0.465 e. The molecule has 0 radical (unpaired) electrons. The lowest BCUT2D eigenvalue weighted by Crippen LogP contribution is -2.49. The molecule has 41 heavy (non-hydrogen) atoms. The second-order valence-corrected chi connectivity index (χ2v) is 12.5. The molecule has 3 aromatic carbocycles. The highest BCUT2D eigenvalue weighted by Crippen LogP contribution is 2.57. The zero-order valence-corrected chi connectivity index (χ0v) is 24.5. The first-order valence-electron chi connectivity index (χ1n) is 13.2. The van der Waals surface area contributed by atoms with Gasteiger partial charge in [-0.05, 0) is 59.4 Å². The molecule has 1 fully saturated rings. The van der Waals surface area contributed by atoms with E-state index >= 15 is 4.39 Å².